The highest BCUT2D eigenvalue weighted by atomic mass is 35.5. The fourth-order valence-electron chi connectivity index (χ4n) is 3.04. The van der Waals surface area contributed by atoms with Gasteiger partial charge in [-0.25, -0.2) is 4.79 Å². The molecule has 0 unspecified atom stereocenters. The van der Waals surface area contributed by atoms with E-state index in [1.165, 1.54) is 0 Å². The summed E-state index contributed by atoms with van der Waals surface area (Å²) >= 11 is 12.5. The highest BCUT2D eigenvalue weighted by Crippen LogP contribution is 2.33. The molecule has 0 N–H and O–H groups in total. The number of allylic oxidation sites excluding steroid dienone is 1. The first-order valence-electron chi connectivity index (χ1n) is 10.8. The van der Waals surface area contributed by atoms with Crippen LogP contribution in [0.1, 0.15) is 38.8 Å². The maximum absolute atomic E-state index is 12.5. The van der Waals surface area contributed by atoms with Gasteiger partial charge in [0.05, 0.1) is 6.61 Å². The molecule has 0 atom stereocenters. The number of hydrogen-bond donors (Lipinski definition) is 0. The molecule has 0 bridgehead atoms. The number of ether oxygens (including phenoxy) is 3. The molecule has 0 radical (unpaired) electrons. The molecular weight excluding hydrogens is 465 g/mol. The van der Waals surface area contributed by atoms with Crippen LogP contribution in [-0.2, 0) is 20.9 Å². The van der Waals surface area contributed by atoms with E-state index in [2.05, 4.69) is 0 Å². The Morgan fingerprint density at radius 3 is 2.24 bits per heavy atom. The highest BCUT2D eigenvalue weighted by Gasteiger charge is 2.14. The Bertz CT molecular complexity index is 982. The average Bonchev–Trinajstić information content (AvgIpc) is 2.78. The molecule has 0 spiro atoms. The van der Waals surface area contributed by atoms with Gasteiger partial charge in [0.15, 0.2) is 18.1 Å². The Morgan fingerprint density at radius 1 is 0.970 bits per heavy atom. The first kappa shape index (κ1) is 26.6. The van der Waals surface area contributed by atoms with Crippen LogP contribution in [0.4, 0.5) is 0 Å². The van der Waals surface area contributed by atoms with Gasteiger partial charge in [-0.3, -0.25) is 4.79 Å². The predicted octanol–water partition coefficient (Wildman–Crippen LogP) is 5.79. The standard InChI is InChI=1S/C25H29Cl2NO5/c1-5-28(6-2)24(29)13-17(4)18-11-12-22(23(14-18)33-16-25(30)31-7-3)32-15-19-20(26)9-8-10-21(19)27/h8-14H,5-7,15-16H2,1-4H3/b17-13+. The molecule has 0 fully saturated rings. The predicted molar refractivity (Wildman–Crippen MR) is 131 cm³/mol. The van der Waals surface area contributed by atoms with E-state index >= 15 is 0 Å². The topological polar surface area (TPSA) is 65.1 Å². The van der Waals surface area contributed by atoms with Crippen LogP contribution >= 0.6 is 23.2 Å². The van der Waals surface area contributed by atoms with Gasteiger partial charge in [0.1, 0.15) is 6.61 Å². The van der Waals surface area contributed by atoms with Gasteiger partial charge in [0.2, 0.25) is 5.91 Å². The molecule has 0 aliphatic carbocycles. The number of rotatable bonds is 11. The minimum absolute atomic E-state index is 0.0693. The Kier molecular flexibility index (Phi) is 10.6. The average molecular weight is 494 g/mol. The number of esters is 1. The zero-order valence-electron chi connectivity index (χ0n) is 19.3. The summed E-state index contributed by atoms with van der Waals surface area (Å²) in [6, 6.07) is 10.5. The number of likely N-dealkylation sites (N-methyl/N-ethyl adjacent to an activating group) is 1. The Morgan fingerprint density at radius 2 is 1.64 bits per heavy atom. The highest BCUT2D eigenvalue weighted by molar-refractivity contribution is 6.35. The van der Waals surface area contributed by atoms with Crippen molar-refractivity contribution in [1.82, 2.24) is 4.90 Å². The molecule has 0 heterocycles. The van der Waals surface area contributed by atoms with E-state index in [1.807, 2.05) is 26.8 Å². The van der Waals surface area contributed by atoms with Crippen LogP contribution in [0.3, 0.4) is 0 Å². The van der Waals surface area contributed by atoms with Crippen molar-refractivity contribution < 1.29 is 23.8 Å². The molecule has 0 saturated heterocycles. The third-order valence-electron chi connectivity index (χ3n) is 4.90. The zero-order valence-corrected chi connectivity index (χ0v) is 20.8. The summed E-state index contributed by atoms with van der Waals surface area (Å²) in [5, 5.41) is 0.976. The summed E-state index contributed by atoms with van der Waals surface area (Å²) in [5.41, 5.74) is 2.16. The summed E-state index contributed by atoms with van der Waals surface area (Å²) in [4.78, 5) is 26.0. The van der Waals surface area contributed by atoms with Crippen molar-refractivity contribution in [3.63, 3.8) is 0 Å². The lowest BCUT2D eigenvalue weighted by molar-refractivity contribution is -0.145. The molecule has 6 nitrogen and oxygen atoms in total. The van der Waals surface area contributed by atoms with E-state index in [9.17, 15) is 9.59 Å². The van der Waals surface area contributed by atoms with Crippen molar-refractivity contribution in [2.45, 2.75) is 34.3 Å². The Labute approximate surface area is 205 Å². The molecule has 2 aromatic rings. The number of halogens is 2. The smallest absolute Gasteiger partial charge is 0.344 e. The summed E-state index contributed by atoms with van der Waals surface area (Å²) in [7, 11) is 0. The van der Waals surface area contributed by atoms with Crippen molar-refractivity contribution in [2.75, 3.05) is 26.3 Å². The quantitative estimate of drug-likeness (QED) is 0.293. The van der Waals surface area contributed by atoms with E-state index in [-0.39, 0.29) is 25.7 Å². The van der Waals surface area contributed by atoms with Crippen molar-refractivity contribution in [3.8, 4) is 11.5 Å². The summed E-state index contributed by atoms with van der Waals surface area (Å²) in [5.74, 6) is 0.181. The van der Waals surface area contributed by atoms with Crippen LogP contribution in [0.25, 0.3) is 5.57 Å². The lowest BCUT2D eigenvalue weighted by Crippen LogP contribution is -2.28. The second-order valence-corrected chi connectivity index (χ2v) is 7.90. The molecule has 0 aliphatic rings. The molecule has 33 heavy (non-hydrogen) atoms. The van der Waals surface area contributed by atoms with Crippen molar-refractivity contribution >= 4 is 40.7 Å². The molecule has 0 aliphatic heterocycles. The van der Waals surface area contributed by atoms with E-state index < -0.39 is 5.97 Å². The number of carbonyl (C=O) groups excluding carboxylic acids is 2. The van der Waals surface area contributed by atoms with Crippen LogP contribution in [0.5, 0.6) is 11.5 Å². The van der Waals surface area contributed by atoms with Crippen molar-refractivity contribution in [3.05, 3.63) is 63.6 Å². The van der Waals surface area contributed by atoms with E-state index in [0.717, 1.165) is 11.1 Å². The molecule has 8 heteroatoms. The van der Waals surface area contributed by atoms with Gasteiger partial charge in [0, 0.05) is 34.8 Å². The third-order valence-corrected chi connectivity index (χ3v) is 5.61. The second-order valence-electron chi connectivity index (χ2n) is 7.08. The second kappa shape index (κ2) is 13.1. The van der Waals surface area contributed by atoms with Gasteiger partial charge < -0.3 is 19.1 Å². The van der Waals surface area contributed by atoms with Gasteiger partial charge in [-0.2, -0.15) is 0 Å². The fourth-order valence-corrected chi connectivity index (χ4v) is 3.55. The van der Waals surface area contributed by atoms with E-state index in [1.54, 1.807) is 48.2 Å². The van der Waals surface area contributed by atoms with Gasteiger partial charge in [0.25, 0.3) is 0 Å². The molecule has 0 aromatic heterocycles. The van der Waals surface area contributed by atoms with Crippen LogP contribution in [-0.4, -0.2) is 43.1 Å². The summed E-state index contributed by atoms with van der Waals surface area (Å²) in [6.07, 6.45) is 1.58. The van der Waals surface area contributed by atoms with E-state index in [4.69, 9.17) is 37.4 Å². The maximum atomic E-state index is 12.5. The van der Waals surface area contributed by atoms with Crippen molar-refractivity contribution in [1.29, 1.82) is 0 Å². The lowest BCUT2D eigenvalue weighted by Gasteiger charge is -2.17. The zero-order chi connectivity index (χ0) is 24.4. The van der Waals surface area contributed by atoms with Crippen molar-refractivity contribution in [2.24, 2.45) is 0 Å². The number of hydrogen-bond acceptors (Lipinski definition) is 5. The maximum Gasteiger partial charge on any atom is 0.344 e. The molecule has 2 aromatic carbocycles. The van der Waals surface area contributed by atoms with Gasteiger partial charge >= 0.3 is 5.97 Å². The number of nitrogens with zero attached hydrogens (tertiary/aromatic N) is 1. The number of amides is 1. The number of benzene rings is 2. The third kappa shape index (κ3) is 7.69. The van der Waals surface area contributed by atoms with Crippen LogP contribution in [0.15, 0.2) is 42.5 Å². The van der Waals surface area contributed by atoms with Gasteiger partial charge in [-0.05, 0) is 63.1 Å². The lowest BCUT2D eigenvalue weighted by atomic mass is 10.1. The Balaban J connectivity index is 2.31. The van der Waals surface area contributed by atoms with Gasteiger partial charge in [-0.1, -0.05) is 35.3 Å². The van der Waals surface area contributed by atoms with Crippen LogP contribution in [0, 0.1) is 0 Å². The first-order valence-corrected chi connectivity index (χ1v) is 11.5. The molecule has 1 amide bonds. The molecule has 2 rings (SSSR count). The minimum Gasteiger partial charge on any atom is -0.485 e. The molecule has 0 saturated carbocycles. The molecule has 178 valence electrons. The van der Waals surface area contributed by atoms with E-state index in [0.29, 0.717) is 40.2 Å². The first-order chi connectivity index (χ1) is 15.8. The minimum atomic E-state index is -0.494. The number of carbonyl (C=O) groups is 2. The Hall–Kier alpha value is -2.70. The monoisotopic (exact) mass is 493 g/mol. The van der Waals surface area contributed by atoms with Gasteiger partial charge in [-0.15, -0.1) is 0 Å². The summed E-state index contributed by atoms with van der Waals surface area (Å²) in [6.45, 7) is 8.79. The summed E-state index contributed by atoms with van der Waals surface area (Å²) < 4.78 is 16.6. The van der Waals surface area contributed by atoms with Crippen LogP contribution in [0.2, 0.25) is 10.0 Å². The largest absolute Gasteiger partial charge is 0.485 e. The fraction of sp³-hybridized carbons (Fsp3) is 0.360. The van der Waals surface area contributed by atoms with Crippen LogP contribution < -0.4 is 9.47 Å². The molecular formula is C25H29Cl2NO5. The normalized spacial score (nSPS) is 11.2. The SMILES string of the molecule is CCOC(=O)COc1cc(/C(C)=C/C(=O)N(CC)CC)ccc1OCc1c(Cl)cccc1Cl.